The Balaban J connectivity index is 2.06. The van der Waals surface area contributed by atoms with E-state index in [0.717, 1.165) is 24.2 Å². The summed E-state index contributed by atoms with van der Waals surface area (Å²) in [5.74, 6) is 0.788. The van der Waals surface area contributed by atoms with E-state index in [9.17, 15) is 0 Å². The molecule has 0 heterocycles. The van der Waals surface area contributed by atoms with Crippen molar-refractivity contribution in [3.8, 4) is 5.75 Å². The average molecular weight is 238 g/mol. The van der Waals surface area contributed by atoms with E-state index in [-0.39, 0.29) is 0 Å². The number of hydrogen-bond donors (Lipinski definition) is 1. The summed E-state index contributed by atoms with van der Waals surface area (Å²) in [4.78, 5) is 0. The van der Waals surface area contributed by atoms with Gasteiger partial charge in [0.1, 0.15) is 5.75 Å². The molecule has 2 nitrogen and oxygen atoms in total. The van der Waals surface area contributed by atoms with E-state index in [1.54, 1.807) is 0 Å². The summed E-state index contributed by atoms with van der Waals surface area (Å²) >= 11 is 6.14. The van der Waals surface area contributed by atoms with E-state index in [0.29, 0.717) is 17.7 Å². The zero-order valence-corrected chi connectivity index (χ0v) is 9.91. The first-order chi connectivity index (χ1) is 7.79. The van der Waals surface area contributed by atoms with Gasteiger partial charge in [-0.1, -0.05) is 29.8 Å². The monoisotopic (exact) mass is 237 g/mol. The highest BCUT2D eigenvalue weighted by molar-refractivity contribution is 6.32. The fraction of sp³-hybridized carbons (Fsp3) is 0.385. The maximum atomic E-state index is 6.14. The molecule has 0 saturated heterocycles. The van der Waals surface area contributed by atoms with E-state index >= 15 is 0 Å². The Morgan fingerprint density at radius 2 is 2.25 bits per heavy atom. The Hall–Kier alpha value is -0.990. The van der Waals surface area contributed by atoms with Crippen LogP contribution in [-0.2, 0) is 0 Å². The van der Waals surface area contributed by atoms with Crippen LogP contribution in [-0.4, -0.2) is 12.6 Å². The number of nitrogens with two attached hydrogens (primary N) is 1. The SMILES string of the molecule is NC/C=C/c1ccc(OC2CCC2)c(Cl)c1. The van der Waals surface area contributed by atoms with Crippen molar-refractivity contribution in [3.63, 3.8) is 0 Å². The second kappa shape index (κ2) is 5.37. The molecule has 0 aromatic heterocycles. The van der Waals surface area contributed by atoms with Crippen molar-refractivity contribution in [3.05, 3.63) is 34.9 Å². The van der Waals surface area contributed by atoms with Crippen molar-refractivity contribution in [1.29, 1.82) is 0 Å². The molecule has 0 radical (unpaired) electrons. The van der Waals surface area contributed by atoms with Gasteiger partial charge in [-0.3, -0.25) is 0 Å². The number of halogens is 1. The second-order valence-corrected chi connectivity index (χ2v) is 4.41. The van der Waals surface area contributed by atoms with Gasteiger partial charge in [0.2, 0.25) is 0 Å². The number of ether oxygens (including phenoxy) is 1. The van der Waals surface area contributed by atoms with Crippen LogP contribution in [0.1, 0.15) is 24.8 Å². The Bertz CT molecular complexity index is 386. The van der Waals surface area contributed by atoms with Crippen molar-refractivity contribution >= 4 is 17.7 Å². The van der Waals surface area contributed by atoms with Crippen LogP contribution in [0.4, 0.5) is 0 Å². The zero-order chi connectivity index (χ0) is 11.4. The molecule has 16 heavy (non-hydrogen) atoms. The van der Waals surface area contributed by atoms with Crippen LogP contribution >= 0.6 is 11.6 Å². The minimum Gasteiger partial charge on any atom is -0.489 e. The van der Waals surface area contributed by atoms with Crippen LogP contribution in [0.5, 0.6) is 5.75 Å². The van der Waals surface area contributed by atoms with Gasteiger partial charge < -0.3 is 10.5 Å². The summed E-state index contributed by atoms with van der Waals surface area (Å²) in [6.07, 6.45) is 7.77. The molecule has 0 aliphatic heterocycles. The zero-order valence-electron chi connectivity index (χ0n) is 9.16. The third kappa shape index (κ3) is 2.77. The number of benzene rings is 1. The molecule has 3 heteroatoms. The summed E-state index contributed by atoms with van der Waals surface area (Å²) in [6.45, 7) is 0.540. The lowest BCUT2D eigenvalue weighted by Gasteiger charge is -2.26. The molecule has 1 aliphatic carbocycles. The van der Waals surface area contributed by atoms with Gasteiger partial charge in [-0.2, -0.15) is 0 Å². The lowest BCUT2D eigenvalue weighted by molar-refractivity contribution is 0.120. The predicted molar refractivity (Wildman–Crippen MR) is 67.8 cm³/mol. The molecule has 2 N–H and O–H groups in total. The highest BCUT2D eigenvalue weighted by Gasteiger charge is 2.19. The van der Waals surface area contributed by atoms with Gasteiger partial charge in [-0.05, 0) is 37.0 Å². The van der Waals surface area contributed by atoms with Gasteiger partial charge >= 0.3 is 0 Å². The fourth-order valence-electron chi connectivity index (χ4n) is 1.59. The number of rotatable bonds is 4. The van der Waals surface area contributed by atoms with Gasteiger partial charge in [-0.15, -0.1) is 0 Å². The minimum atomic E-state index is 0.364. The fourth-order valence-corrected chi connectivity index (χ4v) is 1.82. The van der Waals surface area contributed by atoms with Crippen molar-refractivity contribution in [1.82, 2.24) is 0 Å². The maximum Gasteiger partial charge on any atom is 0.138 e. The molecule has 1 aliphatic rings. The van der Waals surface area contributed by atoms with E-state index < -0.39 is 0 Å². The first-order valence-electron chi connectivity index (χ1n) is 5.62. The number of hydrogen-bond acceptors (Lipinski definition) is 2. The summed E-state index contributed by atoms with van der Waals surface area (Å²) in [5.41, 5.74) is 6.44. The van der Waals surface area contributed by atoms with E-state index in [2.05, 4.69) is 0 Å². The molecule has 0 bridgehead atoms. The lowest BCUT2D eigenvalue weighted by atomic mass is 9.96. The first-order valence-corrected chi connectivity index (χ1v) is 6.00. The first kappa shape index (κ1) is 11.5. The van der Waals surface area contributed by atoms with Crippen LogP contribution in [0, 0.1) is 0 Å². The highest BCUT2D eigenvalue weighted by atomic mass is 35.5. The molecule has 86 valence electrons. The van der Waals surface area contributed by atoms with Crippen molar-refractivity contribution in [2.75, 3.05) is 6.54 Å². The molecule has 1 aromatic carbocycles. The molecule has 0 spiro atoms. The van der Waals surface area contributed by atoms with Crippen LogP contribution < -0.4 is 10.5 Å². The lowest BCUT2D eigenvalue weighted by Crippen LogP contribution is -2.24. The standard InChI is InChI=1S/C13H16ClNO/c14-12-9-10(3-2-8-15)6-7-13(12)16-11-4-1-5-11/h2-3,6-7,9,11H,1,4-5,8,15H2/b3-2+. The quantitative estimate of drug-likeness (QED) is 0.873. The van der Waals surface area contributed by atoms with Crippen molar-refractivity contribution < 1.29 is 4.74 Å². The van der Waals surface area contributed by atoms with Crippen molar-refractivity contribution in [2.24, 2.45) is 5.73 Å². The normalized spacial score (nSPS) is 16.4. The molecular formula is C13H16ClNO. The molecule has 0 atom stereocenters. The van der Waals surface area contributed by atoms with E-state index in [1.807, 2.05) is 30.4 Å². The third-order valence-corrected chi connectivity index (χ3v) is 3.04. The summed E-state index contributed by atoms with van der Waals surface area (Å²) in [6, 6.07) is 5.82. The topological polar surface area (TPSA) is 35.2 Å². The largest absolute Gasteiger partial charge is 0.489 e. The molecule has 1 aromatic rings. The van der Waals surface area contributed by atoms with Crippen LogP contribution in [0.25, 0.3) is 6.08 Å². The summed E-state index contributed by atoms with van der Waals surface area (Å²) < 4.78 is 5.76. The summed E-state index contributed by atoms with van der Waals surface area (Å²) in [7, 11) is 0. The molecular weight excluding hydrogens is 222 g/mol. The molecule has 1 fully saturated rings. The van der Waals surface area contributed by atoms with Crippen LogP contribution in [0.2, 0.25) is 5.02 Å². The molecule has 0 amide bonds. The minimum absolute atomic E-state index is 0.364. The van der Waals surface area contributed by atoms with Gasteiger partial charge in [0.25, 0.3) is 0 Å². The van der Waals surface area contributed by atoms with E-state index in [4.69, 9.17) is 22.1 Å². The Morgan fingerprint density at radius 3 is 2.81 bits per heavy atom. The average Bonchev–Trinajstić information content (AvgIpc) is 2.22. The molecule has 2 rings (SSSR count). The maximum absolute atomic E-state index is 6.14. The molecule has 0 unspecified atom stereocenters. The smallest absolute Gasteiger partial charge is 0.138 e. The Morgan fingerprint density at radius 1 is 1.44 bits per heavy atom. The van der Waals surface area contributed by atoms with Gasteiger partial charge in [0.15, 0.2) is 0 Å². The predicted octanol–water partition coefficient (Wildman–Crippen LogP) is 3.24. The Labute approximate surface area is 101 Å². The molecule has 1 saturated carbocycles. The Kier molecular flexibility index (Phi) is 3.86. The third-order valence-electron chi connectivity index (χ3n) is 2.75. The van der Waals surface area contributed by atoms with E-state index in [1.165, 1.54) is 6.42 Å². The summed E-state index contributed by atoms with van der Waals surface area (Å²) in [5, 5.41) is 0.672. The van der Waals surface area contributed by atoms with Crippen LogP contribution in [0.15, 0.2) is 24.3 Å². The van der Waals surface area contributed by atoms with Gasteiger partial charge in [-0.25, -0.2) is 0 Å². The van der Waals surface area contributed by atoms with Crippen molar-refractivity contribution in [2.45, 2.75) is 25.4 Å². The van der Waals surface area contributed by atoms with Gasteiger partial charge in [0.05, 0.1) is 11.1 Å². The van der Waals surface area contributed by atoms with Gasteiger partial charge in [0, 0.05) is 6.54 Å². The van der Waals surface area contributed by atoms with Crippen LogP contribution in [0.3, 0.4) is 0 Å². The second-order valence-electron chi connectivity index (χ2n) is 4.00. The highest BCUT2D eigenvalue weighted by Crippen LogP contribution is 2.31.